The molecule has 1 aliphatic rings. The lowest BCUT2D eigenvalue weighted by Crippen LogP contribution is -2.42. The van der Waals surface area contributed by atoms with Gasteiger partial charge in [-0.2, -0.15) is 4.37 Å². The van der Waals surface area contributed by atoms with Crippen molar-refractivity contribution in [2.24, 2.45) is 0 Å². The van der Waals surface area contributed by atoms with Gasteiger partial charge in [-0.3, -0.25) is 9.69 Å². The van der Waals surface area contributed by atoms with Crippen LogP contribution >= 0.6 is 11.5 Å². The molecule has 1 amide bonds. The molecule has 104 valence electrons. The molecule has 0 radical (unpaired) electrons. The molecule has 0 fully saturated rings. The van der Waals surface area contributed by atoms with E-state index in [0.717, 1.165) is 16.3 Å². The lowest BCUT2D eigenvalue weighted by atomic mass is 10.1. The molecule has 0 bridgehead atoms. The molecule has 0 saturated carbocycles. The lowest BCUT2D eigenvalue weighted by Gasteiger charge is -2.32. The number of amides is 1. The smallest absolute Gasteiger partial charge is 0.261 e. The van der Waals surface area contributed by atoms with Crippen molar-refractivity contribution in [3.8, 4) is 5.88 Å². The second kappa shape index (κ2) is 4.86. The lowest BCUT2D eigenvalue weighted by molar-refractivity contribution is 0.0957. The van der Waals surface area contributed by atoms with Gasteiger partial charge in [-0.25, -0.2) is 4.98 Å². The molecule has 6 heteroatoms. The number of nitrogens with zero attached hydrogens (tertiary/aromatic N) is 3. The molecule has 1 atom stereocenters. The van der Waals surface area contributed by atoms with Crippen LogP contribution in [0.25, 0.3) is 0 Å². The fourth-order valence-electron chi connectivity index (χ4n) is 2.38. The van der Waals surface area contributed by atoms with Crippen LogP contribution in [-0.4, -0.2) is 27.9 Å². The quantitative estimate of drug-likeness (QED) is 0.809. The summed E-state index contributed by atoms with van der Waals surface area (Å²) in [7, 11) is 0. The number of fused-ring (bicyclic) bond motifs is 1. The van der Waals surface area contributed by atoms with E-state index in [9.17, 15) is 4.79 Å². The van der Waals surface area contributed by atoms with E-state index in [-0.39, 0.29) is 12.0 Å². The third kappa shape index (κ3) is 2.06. The van der Waals surface area contributed by atoms with Crippen molar-refractivity contribution in [2.45, 2.75) is 26.9 Å². The summed E-state index contributed by atoms with van der Waals surface area (Å²) in [6.07, 6.45) is 1.59. The number of aryl methyl sites for hydroxylation is 2. The van der Waals surface area contributed by atoms with Crippen LogP contribution in [0.5, 0.6) is 5.88 Å². The normalized spacial score (nSPS) is 17.6. The van der Waals surface area contributed by atoms with Gasteiger partial charge in [-0.05, 0) is 44.4 Å². The fraction of sp³-hybridized carbons (Fsp3) is 0.357. The van der Waals surface area contributed by atoms with Gasteiger partial charge in [0, 0.05) is 11.1 Å². The summed E-state index contributed by atoms with van der Waals surface area (Å²) in [6, 6.07) is 3.67. The van der Waals surface area contributed by atoms with Crippen molar-refractivity contribution < 1.29 is 9.53 Å². The number of rotatable bonds is 1. The molecule has 5 nitrogen and oxygen atoms in total. The Kier molecular flexibility index (Phi) is 3.17. The van der Waals surface area contributed by atoms with Crippen LogP contribution in [0, 0.1) is 13.8 Å². The minimum Gasteiger partial charge on any atom is -0.471 e. The first-order valence-corrected chi connectivity index (χ1v) is 7.21. The van der Waals surface area contributed by atoms with Gasteiger partial charge in [-0.15, -0.1) is 0 Å². The van der Waals surface area contributed by atoms with Gasteiger partial charge in [0.05, 0.1) is 17.8 Å². The van der Waals surface area contributed by atoms with Crippen LogP contribution in [0.2, 0.25) is 0 Å². The monoisotopic (exact) mass is 289 g/mol. The fourth-order valence-corrected chi connectivity index (χ4v) is 3.07. The minimum atomic E-state index is -0.0754. The zero-order valence-corrected chi connectivity index (χ0v) is 12.4. The first-order valence-electron chi connectivity index (χ1n) is 6.44. The predicted octanol–water partition coefficient (Wildman–Crippen LogP) is 2.58. The highest BCUT2D eigenvalue weighted by Crippen LogP contribution is 2.33. The van der Waals surface area contributed by atoms with E-state index >= 15 is 0 Å². The predicted molar refractivity (Wildman–Crippen MR) is 77.6 cm³/mol. The van der Waals surface area contributed by atoms with Gasteiger partial charge < -0.3 is 4.74 Å². The Hall–Kier alpha value is -1.95. The standard InChI is InChI=1S/C14H15N3O2S/c1-8-7-17(11-5-4-6-15-13(11)19-8)14(18)12-9(2)16-20-10(12)3/h4-6,8H,7H2,1-3H3. The Morgan fingerprint density at radius 2 is 2.30 bits per heavy atom. The van der Waals surface area contributed by atoms with E-state index in [1.807, 2.05) is 32.9 Å². The summed E-state index contributed by atoms with van der Waals surface area (Å²) in [5, 5.41) is 0. The Labute approximate surface area is 121 Å². The highest BCUT2D eigenvalue weighted by atomic mass is 32.1. The number of pyridine rings is 1. The molecule has 0 N–H and O–H groups in total. The van der Waals surface area contributed by atoms with E-state index in [0.29, 0.717) is 18.0 Å². The summed E-state index contributed by atoms with van der Waals surface area (Å²) in [6.45, 7) is 6.24. The van der Waals surface area contributed by atoms with E-state index in [1.165, 1.54) is 11.5 Å². The van der Waals surface area contributed by atoms with Gasteiger partial charge in [0.15, 0.2) is 0 Å². The summed E-state index contributed by atoms with van der Waals surface area (Å²) in [5.41, 5.74) is 2.20. The molecule has 3 rings (SSSR count). The molecule has 0 aromatic carbocycles. The molecule has 3 heterocycles. The SMILES string of the molecule is Cc1nsc(C)c1C(=O)N1CC(C)Oc2ncccc21. The molecular formula is C14H15N3O2S. The van der Waals surface area contributed by atoms with Crippen LogP contribution in [0.3, 0.4) is 0 Å². The first-order chi connectivity index (χ1) is 9.58. The van der Waals surface area contributed by atoms with Crippen LogP contribution in [0.1, 0.15) is 27.9 Å². The molecule has 2 aromatic heterocycles. The van der Waals surface area contributed by atoms with Crippen molar-refractivity contribution in [3.05, 3.63) is 34.5 Å². The summed E-state index contributed by atoms with van der Waals surface area (Å²) in [5.74, 6) is 0.483. The zero-order chi connectivity index (χ0) is 14.3. The van der Waals surface area contributed by atoms with Crippen LogP contribution < -0.4 is 9.64 Å². The molecule has 1 unspecified atom stereocenters. The second-order valence-electron chi connectivity index (χ2n) is 4.87. The first kappa shape index (κ1) is 13.1. The number of carbonyl (C=O) groups is 1. The van der Waals surface area contributed by atoms with Gasteiger partial charge >= 0.3 is 0 Å². The maximum atomic E-state index is 12.8. The molecule has 20 heavy (non-hydrogen) atoms. The maximum Gasteiger partial charge on any atom is 0.261 e. The second-order valence-corrected chi connectivity index (χ2v) is 5.85. The average Bonchev–Trinajstić information content (AvgIpc) is 2.76. The van der Waals surface area contributed by atoms with Crippen molar-refractivity contribution in [2.75, 3.05) is 11.4 Å². The summed E-state index contributed by atoms with van der Waals surface area (Å²) < 4.78 is 9.93. The van der Waals surface area contributed by atoms with Gasteiger partial charge in [0.2, 0.25) is 5.88 Å². The van der Waals surface area contributed by atoms with Crippen LogP contribution in [0.4, 0.5) is 5.69 Å². The van der Waals surface area contributed by atoms with Crippen molar-refractivity contribution in [1.29, 1.82) is 0 Å². The number of hydrogen-bond donors (Lipinski definition) is 0. The van der Waals surface area contributed by atoms with Crippen LogP contribution in [-0.2, 0) is 0 Å². The van der Waals surface area contributed by atoms with Gasteiger partial charge in [0.25, 0.3) is 5.91 Å². The van der Waals surface area contributed by atoms with Crippen molar-refractivity contribution in [3.63, 3.8) is 0 Å². The third-order valence-corrected chi connectivity index (χ3v) is 4.13. The number of anilines is 1. The van der Waals surface area contributed by atoms with Gasteiger partial charge in [0.1, 0.15) is 11.8 Å². The molecule has 0 spiro atoms. The molecule has 0 aliphatic carbocycles. The Balaban J connectivity index is 2.05. The number of hydrogen-bond acceptors (Lipinski definition) is 5. The van der Waals surface area contributed by atoms with Crippen LogP contribution in [0.15, 0.2) is 18.3 Å². The highest BCUT2D eigenvalue weighted by Gasteiger charge is 2.31. The molecular weight excluding hydrogens is 274 g/mol. The third-order valence-electron chi connectivity index (χ3n) is 3.29. The highest BCUT2D eigenvalue weighted by molar-refractivity contribution is 7.06. The van der Waals surface area contributed by atoms with E-state index in [4.69, 9.17) is 4.74 Å². The van der Waals surface area contributed by atoms with E-state index in [2.05, 4.69) is 9.36 Å². The number of carbonyl (C=O) groups excluding carboxylic acids is 1. The maximum absolute atomic E-state index is 12.8. The Bertz CT molecular complexity index is 649. The largest absolute Gasteiger partial charge is 0.471 e. The average molecular weight is 289 g/mol. The van der Waals surface area contributed by atoms with Crippen molar-refractivity contribution >= 4 is 23.1 Å². The number of ether oxygens (including phenoxy) is 1. The van der Waals surface area contributed by atoms with Gasteiger partial charge in [-0.1, -0.05) is 0 Å². The van der Waals surface area contributed by atoms with E-state index in [1.54, 1.807) is 11.1 Å². The summed E-state index contributed by atoms with van der Waals surface area (Å²) >= 11 is 1.36. The van der Waals surface area contributed by atoms with Crippen molar-refractivity contribution in [1.82, 2.24) is 9.36 Å². The molecule has 0 saturated heterocycles. The minimum absolute atomic E-state index is 0.0295. The number of aromatic nitrogens is 2. The summed E-state index contributed by atoms with van der Waals surface area (Å²) in [4.78, 5) is 19.7. The molecule has 1 aliphatic heterocycles. The Morgan fingerprint density at radius 1 is 1.50 bits per heavy atom. The molecule has 2 aromatic rings. The van der Waals surface area contributed by atoms with E-state index < -0.39 is 0 Å². The zero-order valence-electron chi connectivity index (χ0n) is 11.6. The Morgan fingerprint density at radius 3 is 3.00 bits per heavy atom. The topological polar surface area (TPSA) is 55.3 Å².